The maximum Gasteiger partial charge on any atom is 0.276 e. The number of nitrogen functional groups attached to an aromatic ring is 1. The fraction of sp³-hybridized carbons (Fsp3) is 0.733. The monoisotopic (exact) mass is 278 g/mol. The van der Waals surface area contributed by atoms with Crippen molar-refractivity contribution < 1.29 is 4.79 Å². The zero-order valence-electron chi connectivity index (χ0n) is 13.0. The van der Waals surface area contributed by atoms with Crippen molar-refractivity contribution in [1.29, 1.82) is 0 Å². The lowest BCUT2D eigenvalue weighted by Gasteiger charge is -2.29. The molecule has 1 amide bonds. The minimum atomic E-state index is -0.0404. The van der Waals surface area contributed by atoms with Crippen molar-refractivity contribution in [3.63, 3.8) is 0 Å². The van der Waals surface area contributed by atoms with Crippen LogP contribution in [0.25, 0.3) is 0 Å². The summed E-state index contributed by atoms with van der Waals surface area (Å²) in [5.41, 5.74) is 7.82. The van der Waals surface area contributed by atoms with E-state index in [9.17, 15) is 4.79 Å². The molecule has 1 saturated heterocycles. The van der Waals surface area contributed by atoms with Gasteiger partial charge < -0.3 is 10.6 Å². The number of rotatable bonds is 1. The Bertz CT molecular complexity index is 487. The molecule has 0 bridgehead atoms. The first-order valence-corrected chi connectivity index (χ1v) is 7.40. The number of hydrogen-bond acceptors (Lipinski definition) is 3. The van der Waals surface area contributed by atoms with E-state index in [2.05, 4.69) is 31.0 Å². The number of aromatic nitrogens is 2. The Kier molecular flexibility index (Phi) is 4.06. The van der Waals surface area contributed by atoms with E-state index < -0.39 is 0 Å². The van der Waals surface area contributed by atoms with Gasteiger partial charge in [-0.3, -0.25) is 9.89 Å². The average molecular weight is 278 g/mol. The molecule has 2 heterocycles. The highest BCUT2D eigenvalue weighted by Gasteiger charge is 2.30. The minimum absolute atomic E-state index is 0.0404. The normalized spacial score (nSPS) is 20.8. The predicted octanol–water partition coefficient (Wildman–Crippen LogP) is 2.59. The van der Waals surface area contributed by atoms with E-state index in [0.717, 1.165) is 31.6 Å². The number of nitrogens with one attached hydrogen (secondary N) is 1. The smallest absolute Gasteiger partial charge is 0.276 e. The molecule has 20 heavy (non-hydrogen) atoms. The standard InChI is InChI=1S/C15H26N4O/c1-10-12(16)13(18-17-10)14(20)19-8-5-6-11(7-9-19)15(2,3)4/h11H,5-9,16H2,1-4H3,(H,17,18). The van der Waals surface area contributed by atoms with Crippen LogP contribution in [0.3, 0.4) is 0 Å². The molecule has 0 aliphatic carbocycles. The number of anilines is 1. The van der Waals surface area contributed by atoms with Crippen molar-refractivity contribution in [2.75, 3.05) is 18.8 Å². The summed E-state index contributed by atoms with van der Waals surface area (Å²) in [6.45, 7) is 10.3. The second-order valence-corrected chi connectivity index (χ2v) is 6.90. The number of nitrogens with two attached hydrogens (primary N) is 1. The Labute approximate surface area is 120 Å². The van der Waals surface area contributed by atoms with Gasteiger partial charge in [0.05, 0.1) is 11.4 Å². The first kappa shape index (κ1) is 14.9. The summed E-state index contributed by atoms with van der Waals surface area (Å²) in [6, 6.07) is 0. The van der Waals surface area contributed by atoms with Crippen LogP contribution in [-0.2, 0) is 0 Å². The molecule has 1 aliphatic rings. The molecule has 5 heteroatoms. The van der Waals surface area contributed by atoms with Gasteiger partial charge in [0.15, 0.2) is 5.69 Å². The molecule has 0 spiro atoms. The number of hydrogen-bond donors (Lipinski definition) is 2. The third-order valence-corrected chi connectivity index (χ3v) is 4.44. The van der Waals surface area contributed by atoms with Gasteiger partial charge in [-0.05, 0) is 37.5 Å². The number of H-pyrrole nitrogens is 1. The molecule has 2 rings (SSSR count). The maximum atomic E-state index is 12.5. The SMILES string of the molecule is Cc1[nH]nc(C(=O)N2CCCC(C(C)(C)C)CC2)c1N. The van der Waals surface area contributed by atoms with Gasteiger partial charge in [-0.2, -0.15) is 5.10 Å². The van der Waals surface area contributed by atoms with E-state index in [1.807, 2.05) is 11.8 Å². The molecular formula is C15H26N4O. The number of aryl methyl sites for hydroxylation is 1. The van der Waals surface area contributed by atoms with Gasteiger partial charge in [-0.25, -0.2) is 0 Å². The van der Waals surface area contributed by atoms with Gasteiger partial charge in [-0.15, -0.1) is 0 Å². The summed E-state index contributed by atoms with van der Waals surface area (Å²) in [5.74, 6) is 0.625. The van der Waals surface area contributed by atoms with Crippen LogP contribution >= 0.6 is 0 Å². The molecular weight excluding hydrogens is 252 g/mol. The van der Waals surface area contributed by atoms with Crippen LogP contribution in [0.5, 0.6) is 0 Å². The maximum absolute atomic E-state index is 12.5. The highest BCUT2D eigenvalue weighted by molar-refractivity contribution is 5.97. The van der Waals surface area contributed by atoms with Gasteiger partial charge in [0.25, 0.3) is 5.91 Å². The third kappa shape index (κ3) is 2.97. The number of aromatic amines is 1. The lowest BCUT2D eigenvalue weighted by Crippen LogP contribution is -2.33. The van der Waals surface area contributed by atoms with Gasteiger partial charge in [0.1, 0.15) is 0 Å². The molecule has 112 valence electrons. The van der Waals surface area contributed by atoms with Gasteiger partial charge in [0, 0.05) is 13.1 Å². The van der Waals surface area contributed by atoms with E-state index in [1.54, 1.807) is 0 Å². The van der Waals surface area contributed by atoms with Crippen LogP contribution in [0.15, 0.2) is 0 Å². The summed E-state index contributed by atoms with van der Waals surface area (Å²) in [4.78, 5) is 14.4. The predicted molar refractivity (Wildman–Crippen MR) is 80.4 cm³/mol. The van der Waals surface area contributed by atoms with Crippen molar-refractivity contribution in [1.82, 2.24) is 15.1 Å². The fourth-order valence-electron chi connectivity index (χ4n) is 2.92. The van der Waals surface area contributed by atoms with Crippen molar-refractivity contribution in [3.8, 4) is 0 Å². The number of amides is 1. The lowest BCUT2D eigenvalue weighted by atomic mass is 9.77. The van der Waals surface area contributed by atoms with Gasteiger partial charge in [0.2, 0.25) is 0 Å². The Hall–Kier alpha value is -1.52. The quantitative estimate of drug-likeness (QED) is 0.829. The third-order valence-electron chi connectivity index (χ3n) is 4.44. The van der Waals surface area contributed by atoms with Crippen molar-refractivity contribution in [3.05, 3.63) is 11.4 Å². The Morgan fingerprint density at radius 3 is 2.60 bits per heavy atom. The van der Waals surface area contributed by atoms with Gasteiger partial charge >= 0.3 is 0 Å². The Balaban J connectivity index is 2.07. The summed E-state index contributed by atoms with van der Waals surface area (Å²) < 4.78 is 0. The summed E-state index contributed by atoms with van der Waals surface area (Å²) in [6.07, 6.45) is 3.29. The molecule has 0 saturated carbocycles. The number of likely N-dealkylation sites (tertiary alicyclic amines) is 1. The number of nitrogens with zero attached hydrogens (tertiary/aromatic N) is 2. The Morgan fingerprint density at radius 2 is 2.05 bits per heavy atom. The van der Waals surface area contributed by atoms with Crippen LogP contribution in [0.1, 0.15) is 56.2 Å². The highest BCUT2D eigenvalue weighted by atomic mass is 16.2. The topological polar surface area (TPSA) is 75.0 Å². The first-order chi connectivity index (χ1) is 9.30. The van der Waals surface area contributed by atoms with Crippen LogP contribution in [0, 0.1) is 18.3 Å². The van der Waals surface area contributed by atoms with Gasteiger partial charge in [-0.1, -0.05) is 20.8 Å². The minimum Gasteiger partial charge on any atom is -0.395 e. The van der Waals surface area contributed by atoms with Crippen molar-refractivity contribution in [2.24, 2.45) is 11.3 Å². The molecule has 1 fully saturated rings. The molecule has 0 radical (unpaired) electrons. The molecule has 5 nitrogen and oxygen atoms in total. The zero-order valence-corrected chi connectivity index (χ0v) is 13.0. The summed E-state index contributed by atoms with van der Waals surface area (Å²) in [7, 11) is 0. The van der Waals surface area contributed by atoms with E-state index in [1.165, 1.54) is 6.42 Å². The molecule has 3 N–H and O–H groups in total. The molecule has 0 aromatic carbocycles. The average Bonchev–Trinajstić information content (AvgIpc) is 2.59. The molecule has 1 unspecified atom stereocenters. The second-order valence-electron chi connectivity index (χ2n) is 6.90. The second kappa shape index (κ2) is 5.46. The Morgan fingerprint density at radius 1 is 1.35 bits per heavy atom. The first-order valence-electron chi connectivity index (χ1n) is 7.40. The zero-order chi connectivity index (χ0) is 14.9. The van der Waals surface area contributed by atoms with E-state index >= 15 is 0 Å². The molecule has 1 aromatic rings. The van der Waals surface area contributed by atoms with Crippen LogP contribution in [0.4, 0.5) is 5.69 Å². The lowest BCUT2D eigenvalue weighted by molar-refractivity contribution is 0.0750. The largest absolute Gasteiger partial charge is 0.395 e. The van der Waals surface area contributed by atoms with Crippen molar-refractivity contribution in [2.45, 2.75) is 47.0 Å². The van der Waals surface area contributed by atoms with E-state index in [4.69, 9.17) is 5.73 Å². The molecule has 1 aliphatic heterocycles. The molecule has 1 atom stereocenters. The molecule has 1 aromatic heterocycles. The summed E-state index contributed by atoms with van der Waals surface area (Å²) in [5, 5.41) is 6.83. The fourth-order valence-corrected chi connectivity index (χ4v) is 2.92. The van der Waals surface area contributed by atoms with Crippen LogP contribution < -0.4 is 5.73 Å². The summed E-state index contributed by atoms with van der Waals surface area (Å²) >= 11 is 0. The van der Waals surface area contributed by atoms with Crippen LogP contribution in [0.2, 0.25) is 0 Å². The number of carbonyl (C=O) groups is 1. The van der Waals surface area contributed by atoms with Crippen molar-refractivity contribution >= 4 is 11.6 Å². The highest BCUT2D eigenvalue weighted by Crippen LogP contribution is 2.34. The van der Waals surface area contributed by atoms with Crippen LogP contribution in [-0.4, -0.2) is 34.1 Å². The van der Waals surface area contributed by atoms with E-state index in [-0.39, 0.29) is 5.91 Å². The van der Waals surface area contributed by atoms with E-state index in [0.29, 0.717) is 22.7 Å². The number of carbonyl (C=O) groups excluding carboxylic acids is 1.